The van der Waals surface area contributed by atoms with Gasteiger partial charge in [0.1, 0.15) is 22.1 Å². The molecule has 1 atom stereocenters. The van der Waals surface area contributed by atoms with Crippen LogP contribution in [-0.4, -0.2) is 4.57 Å². The largest absolute Gasteiger partial charge is 0.384 e. The number of nitrogens with zero attached hydrogens (tertiary/aromatic N) is 3. The fourth-order valence-corrected chi connectivity index (χ4v) is 4.48. The van der Waals surface area contributed by atoms with E-state index < -0.39 is 23.1 Å². The first-order valence-electron chi connectivity index (χ1n) is 8.73. The summed E-state index contributed by atoms with van der Waals surface area (Å²) in [4.78, 5) is 13.0. The molecule has 3 aromatic rings. The van der Waals surface area contributed by atoms with E-state index in [0.717, 1.165) is 15.9 Å². The molecule has 1 aliphatic rings. The lowest BCUT2D eigenvalue weighted by atomic mass is 9.84. The maximum atomic E-state index is 13.4. The van der Waals surface area contributed by atoms with Crippen molar-refractivity contribution >= 4 is 28.8 Å². The van der Waals surface area contributed by atoms with E-state index in [9.17, 15) is 24.1 Å². The maximum absolute atomic E-state index is 13.4. The summed E-state index contributed by atoms with van der Waals surface area (Å²) in [6.45, 7) is 0. The molecule has 5 nitrogen and oxygen atoms in total. The number of thiazole rings is 1. The Labute approximate surface area is 173 Å². The highest BCUT2D eigenvalue weighted by molar-refractivity contribution is 7.07. The third-order valence-corrected chi connectivity index (χ3v) is 5.87. The van der Waals surface area contributed by atoms with Gasteiger partial charge < -0.3 is 5.73 Å². The number of fused-ring (bicyclic) bond motifs is 1. The molecule has 0 amide bonds. The van der Waals surface area contributed by atoms with Gasteiger partial charge in [0, 0.05) is 0 Å². The number of nitrogens with two attached hydrogens (primary N) is 1. The van der Waals surface area contributed by atoms with Crippen molar-refractivity contribution in [2.75, 3.05) is 0 Å². The Kier molecular flexibility index (Phi) is 4.78. The number of rotatable bonds is 2. The lowest BCUT2D eigenvalue weighted by Gasteiger charge is -2.22. The molecular formula is C22H12F2N4OS. The van der Waals surface area contributed by atoms with Crippen molar-refractivity contribution in [2.24, 2.45) is 5.73 Å². The number of hydrogen-bond acceptors (Lipinski definition) is 5. The minimum atomic E-state index is -0.808. The van der Waals surface area contributed by atoms with Crippen LogP contribution in [0.3, 0.4) is 0 Å². The summed E-state index contributed by atoms with van der Waals surface area (Å²) in [5.74, 6) is -1.73. The van der Waals surface area contributed by atoms with Crippen LogP contribution in [0.2, 0.25) is 0 Å². The highest BCUT2D eigenvalue weighted by Gasteiger charge is 2.32. The molecule has 2 N–H and O–H groups in total. The molecule has 1 aliphatic heterocycles. The molecule has 0 radical (unpaired) electrons. The molecule has 0 aliphatic carbocycles. The highest BCUT2D eigenvalue weighted by atomic mass is 32.1. The van der Waals surface area contributed by atoms with Gasteiger partial charge in [0.05, 0.1) is 33.7 Å². The van der Waals surface area contributed by atoms with Gasteiger partial charge in [-0.3, -0.25) is 9.36 Å². The zero-order valence-corrected chi connectivity index (χ0v) is 16.1. The fraction of sp³-hybridized carbons (Fsp3) is 0.0455. The van der Waals surface area contributed by atoms with Crippen LogP contribution in [0.4, 0.5) is 8.78 Å². The van der Waals surface area contributed by atoms with E-state index in [1.165, 1.54) is 48.5 Å². The van der Waals surface area contributed by atoms with Gasteiger partial charge in [-0.2, -0.15) is 10.5 Å². The zero-order chi connectivity index (χ0) is 21.4. The average molecular weight is 418 g/mol. The predicted octanol–water partition coefficient (Wildman–Crippen LogP) is 2.14. The van der Waals surface area contributed by atoms with Gasteiger partial charge in [0.2, 0.25) is 0 Å². The van der Waals surface area contributed by atoms with Gasteiger partial charge in [-0.05, 0) is 41.5 Å². The molecule has 0 fully saturated rings. The second-order valence-electron chi connectivity index (χ2n) is 6.53. The van der Waals surface area contributed by atoms with Crippen LogP contribution in [-0.2, 0) is 0 Å². The lowest BCUT2D eigenvalue weighted by molar-refractivity contribution is 0.626. The second kappa shape index (κ2) is 7.43. The van der Waals surface area contributed by atoms with Crippen LogP contribution >= 0.6 is 11.3 Å². The van der Waals surface area contributed by atoms with Crippen molar-refractivity contribution in [1.82, 2.24) is 4.57 Å². The van der Waals surface area contributed by atoms with E-state index in [1.807, 2.05) is 6.07 Å². The highest BCUT2D eigenvalue weighted by Crippen LogP contribution is 2.35. The Balaban J connectivity index is 2.04. The van der Waals surface area contributed by atoms with Gasteiger partial charge in [-0.1, -0.05) is 24.3 Å². The fourth-order valence-electron chi connectivity index (χ4n) is 3.35. The van der Waals surface area contributed by atoms with Crippen molar-refractivity contribution in [3.05, 3.63) is 96.4 Å². The first kappa shape index (κ1) is 19.3. The third-order valence-electron chi connectivity index (χ3n) is 4.76. The lowest BCUT2D eigenvalue weighted by Crippen LogP contribution is -2.38. The Morgan fingerprint density at radius 1 is 0.967 bits per heavy atom. The number of benzene rings is 2. The molecule has 146 valence electrons. The minimum Gasteiger partial charge on any atom is -0.384 e. The standard InChI is InChI=1S/C22H12F2N4OS/c23-14-5-1-12(2-6-14)9-18-21(29)28-20(27)16(10-25)19(17(11-26)22(28)30-18)13-3-7-15(24)8-4-13/h1-9,19H,27H2/t19-/m1/s1. The molecule has 0 saturated heterocycles. The summed E-state index contributed by atoms with van der Waals surface area (Å²) in [6.07, 6.45) is 1.57. The maximum Gasteiger partial charge on any atom is 0.274 e. The number of halogens is 2. The molecule has 4 rings (SSSR count). The van der Waals surface area contributed by atoms with E-state index in [2.05, 4.69) is 6.07 Å². The normalized spacial score (nSPS) is 16.2. The minimum absolute atomic E-state index is 0.0406. The van der Waals surface area contributed by atoms with E-state index in [4.69, 9.17) is 5.73 Å². The van der Waals surface area contributed by atoms with Crippen LogP contribution < -0.4 is 20.5 Å². The van der Waals surface area contributed by atoms with Gasteiger partial charge >= 0.3 is 0 Å². The van der Waals surface area contributed by atoms with Crippen molar-refractivity contribution in [3.63, 3.8) is 0 Å². The summed E-state index contributed by atoms with van der Waals surface area (Å²) in [7, 11) is 0. The summed E-state index contributed by atoms with van der Waals surface area (Å²) >= 11 is 1.06. The van der Waals surface area contributed by atoms with Crippen LogP contribution in [0, 0.1) is 34.3 Å². The molecule has 8 heteroatoms. The van der Waals surface area contributed by atoms with Crippen molar-refractivity contribution in [1.29, 1.82) is 10.5 Å². The van der Waals surface area contributed by atoms with E-state index >= 15 is 0 Å². The van der Waals surface area contributed by atoms with E-state index in [1.54, 1.807) is 6.08 Å². The van der Waals surface area contributed by atoms with Crippen LogP contribution in [0.25, 0.3) is 17.5 Å². The topological polar surface area (TPSA) is 95.6 Å². The molecule has 0 spiro atoms. The molecule has 1 aromatic heterocycles. The van der Waals surface area contributed by atoms with Crippen molar-refractivity contribution < 1.29 is 8.78 Å². The monoisotopic (exact) mass is 418 g/mol. The molecule has 2 heterocycles. The Hall–Kier alpha value is -4.01. The number of hydrogen-bond donors (Lipinski definition) is 1. The summed E-state index contributed by atoms with van der Waals surface area (Å²) < 4.78 is 28.3. The molecule has 2 aromatic carbocycles. The Morgan fingerprint density at radius 3 is 2.10 bits per heavy atom. The zero-order valence-electron chi connectivity index (χ0n) is 15.3. The SMILES string of the molecule is N#CC1=C(N)n2c(sc(=Cc3ccc(F)cc3)c2=O)=C(C#N)[C@@H]1c1ccc(F)cc1. The Morgan fingerprint density at radius 2 is 1.53 bits per heavy atom. The predicted molar refractivity (Wildman–Crippen MR) is 109 cm³/mol. The van der Waals surface area contributed by atoms with Gasteiger partial charge in [0.15, 0.2) is 0 Å². The van der Waals surface area contributed by atoms with E-state index in [0.29, 0.717) is 15.8 Å². The Bertz CT molecular complexity index is 1450. The smallest absolute Gasteiger partial charge is 0.274 e. The van der Waals surface area contributed by atoms with Crippen LogP contribution in [0.1, 0.15) is 17.0 Å². The third kappa shape index (κ3) is 3.10. The van der Waals surface area contributed by atoms with Gasteiger partial charge in [-0.25, -0.2) is 8.78 Å². The van der Waals surface area contributed by atoms with Gasteiger partial charge in [0.25, 0.3) is 5.56 Å². The van der Waals surface area contributed by atoms with E-state index in [-0.39, 0.29) is 21.5 Å². The number of allylic oxidation sites excluding steroid dienone is 1. The van der Waals surface area contributed by atoms with Crippen molar-refractivity contribution in [3.8, 4) is 12.1 Å². The summed E-state index contributed by atoms with van der Waals surface area (Å²) in [5, 5.41) is 19.6. The average Bonchev–Trinajstić information content (AvgIpc) is 3.06. The molecule has 0 saturated carbocycles. The quantitative estimate of drug-likeness (QED) is 0.690. The summed E-state index contributed by atoms with van der Waals surface area (Å²) in [6, 6.07) is 15.1. The number of nitriles is 2. The first-order valence-corrected chi connectivity index (χ1v) is 9.55. The van der Waals surface area contributed by atoms with Gasteiger partial charge in [-0.15, -0.1) is 11.3 Å². The molecule has 30 heavy (non-hydrogen) atoms. The molecule has 0 bridgehead atoms. The first-order chi connectivity index (χ1) is 14.4. The van der Waals surface area contributed by atoms with Crippen molar-refractivity contribution in [2.45, 2.75) is 5.92 Å². The van der Waals surface area contributed by atoms with Crippen LogP contribution in [0.5, 0.6) is 0 Å². The molecular weight excluding hydrogens is 406 g/mol. The number of aromatic nitrogens is 1. The summed E-state index contributed by atoms with van der Waals surface area (Å²) in [5.41, 5.74) is 7.03. The van der Waals surface area contributed by atoms with Crippen LogP contribution in [0.15, 0.2) is 58.9 Å². The second-order valence-corrected chi connectivity index (χ2v) is 7.56. The molecule has 0 unspecified atom stereocenters.